The number of aryl methyl sites for hydroxylation is 1. The van der Waals surface area contributed by atoms with Crippen LogP contribution < -0.4 is 4.90 Å². The third-order valence-electron chi connectivity index (χ3n) is 4.78. The van der Waals surface area contributed by atoms with Gasteiger partial charge in [0.2, 0.25) is 0 Å². The second kappa shape index (κ2) is 6.22. The summed E-state index contributed by atoms with van der Waals surface area (Å²) in [5, 5.41) is 9.81. The van der Waals surface area contributed by atoms with Crippen LogP contribution in [-0.2, 0) is 12.8 Å². The molecule has 1 fully saturated rings. The van der Waals surface area contributed by atoms with Crippen molar-refractivity contribution < 1.29 is 8.78 Å². The Morgan fingerprint density at radius 1 is 1.20 bits per heavy atom. The van der Waals surface area contributed by atoms with Gasteiger partial charge in [0.25, 0.3) is 5.92 Å². The summed E-state index contributed by atoms with van der Waals surface area (Å²) in [5.41, 5.74) is 3.27. The molecule has 0 amide bonds. The van der Waals surface area contributed by atoms with E-state index in [1.807, 2.05) is 12.1 Å². The SMILES string of the molecule is N#Cc1c(N2CC(F)(F)C2)nc2c(c1-c1ccc(Cl)s1)CCCCC2. The number of aromatic nitrogens is 1. The Balaban J connectivity index is 1.92. The summed E-state index contributed by atoms with van der Waals surface area (Å²) < 4.78 is 27.4. The molecule has 3 nitrogen and oxygen atoms in total. The lowest BCUT2D eigenvalue weighted by atomic mass is 9.95. The molecule has 0 spiro atoms. The van der Waals surface area contributed by atoms with E-state index in [1.54, 1.807) is 0 Å². The number of hydrogen-bond acceptors (Lipinski definition) is 4. The Labute approximate surface area is 153 Å². The standard InChI is InChI=1S/C18H16ClF2N3S/c19-15-7-6-14(25-15)16-11-4-2-1-3-5-13(11)23-17(12(16)8-22)24-9-18(20,21)10-24/h6-7H,1-5,9-10H2. The minimum absolute atomic E-state index is 0.377. The van der Waals surface area contributed by atoms with E-state index in [2.05, 4.69) is 11.1 Å². The summed E-state index contributed by atoms with van der Waals surface area (Å²) in [6.07, 6.45) is 4.88. The van der Waals surface area contributed by atoms with Crippen molar-refractivity contribution in [2.45, 2.75) is 38.0 Å². The van der Waals surface area contributed by atoms with Crippen LogP contribution >= 0.6 is 22.9 Å². The number of rotatable bonds is 2. The zero-order valence-corrected chi connectivity index (χ0v) is 15.1. The molecular weight excluding hydrogens is 364 g/mol. The normalized spacial score (nSPS) is 18.9. The molecule has 1 aliphatic carbocycles. The highest BCUT2D eigenvalue weighted by atomic mass is 35.5. The van der Waals surface area contributed by atoms with Crippen molar-refractivity contribution in [1.29, 1.82) is 5.26 Å². The number of halogens is 3. The number of hydrogen-bond donors (Lipinski definition) is 0. The maximum atomic E-state index is 13.4. The first-order chi connectivity index (χ1) is 12.0. The number of fused-ring (bicyclic) bond motifs is 1. The van der Waals surface area contributed by atoms with E-state index in [-0.39, 0.29) is 13.1 Å². The molecule has 25 heavy (non-hydrogen) atoms. The molecule has 0 atom stereocenters. The average molecular weight is 380 g/mol. The first kappa shape index (κ1) is 16.7. The molecule has 2 aliphatic rings. The summed E-state index contributed by atoms with van der Waals surface area (Å²) in [7, 11) is 0. The Morgan fingerprint density at radius 3 is 2.60 bits per heavy atom. The van der Waals surface area contributed by atoms with Gasteiger partial charge in [-0.3, -0.25) is 0 Å². The summed E-state index contributed by atoms with van der Waals surface area (Å²) in [4.78, 5) is 7.10. The number of nitriles is 1. The summed E-state index contributed by atoms with van der Waals surface area (Å²) in [6.45, 7) is -0.754. The van der Waals surface area contributed by atoms with Crippen molar-refractivity contribution in [3.63, 3.8) is 0 Å². The van der Waals surface area contributed by atoms with E-state index in [4.69, 9.17) is 11.6 Å². The third-order valence-corrected chi connectivity index (χ3v) is 6.03. The number of nitrogens with zero attached hydrogens (tertiary/aromatic N) is 3. The molecular formula is C18H16ClF2N3S. The number of pyridine rings is 1. The highest BCUT2D eigenvalue weighted by Gasteiger charge is 2.46. The Kier molecular flexibility index (Phi) is 4.17. The Hall–Kier alpha value is -1.71. The van der Waals surface area contributed by atoms with Gasteiger partial charge in [0.15, 0.2) is 0 Å². The fourth-order valence-corrected chi connectivity index (χ4v) is 4.74. The van der Waals surface area contributed by atoms with E-state index in [0.717, 1.165) is 53.8 Å². The lowest BCUT2D eigenvalue weighted by Gasteiger charge is -2.40. The van der Waals surface area contributed by atoms with Crippen LogP contribution in [0.3, 0.4) is 0 Å². The van der Waals surface area contributed by atoms with Crippen molar-refractivity contribution in [1.82, 2.24) is 4.98 Å². The molecule has 2 aromatic rings. The third kappa shape index (κ3) is 3.00. The predicted molar refractivity (Wildman–Crippen MR) is 95.7 cm³/mol. The average Bonchev–Trinajstić information content (AvgIpc) is 2.84. The largest absolute Gasteiger partial charge is 0.343 e. The predicted octanol–water partition coefficient (Wildman–Crippen LogP) is 5.06. The minimum Gasteiger partial charge on any atom is -0.343 e. The maximum Gasteiger partial charge on any atom is 0.282 e. The van der Waals surface area contributed by atoms with Crippen LogP contribution in [0.2, 0.25) is 4.34 Å². The smallest absolute Gasteiger partial charge is 0.282 e. The molecule has 0 saturated carbocycles. The van der Waals surface area contributed by atoms with E-state index >= 15 is 0 Å². The van der Waals surface area contributed by atoms with Crippen LogP contribution in [0.25, 0.3) is 10.4 Å². The first-order valence-electron chi connectivity index (χ1n) is 8.33. The van der Waals surface area contributed by atoms with Crippen LogP contribution in [0, 0.1) is 11.3 Å². The van der Waals surface area contributed by atoms with Crippen molar-refractivity contribution in [2.24, 2.45) is 0 Å². The van der Waals surface area contributed by atoms with Crippen molar-refractivity contribution in [2.75, 3.05) is 18.0 Å². The summed E-state index contributed by atoms with van der Waals surface area (Å²) >= 11 is 7.53. The van der Waals surface area contributed by atoms with Gasteiger partial charge in [-0.1, -0.05) is 18.0 Å². The van der Waals surface area contributed by atoms with Crippen molar-refractivity contribution in [3.05, 3.63) is 33.3 Å². The lowest BCUT2D eigenvalue weighted by molar-refractivity contribution is -0.0267. The van der Waals surface area contributed by atoms with Crippen LogP contribution in [0.5, 0.6) is 0 Å². The molecule has 0 N–H and O–H groups in total. The van der Waals surface area contributed by atoms with E-state index in [0.29, 0.717) is 15.7 Å². The van der Waals surface area contributed by atoms with Gasteiger partial charge in [-0.25, -0.2) is 13.8 Å². The quantitative estimate of drug-likeness (QED) is 0.685. The number of anilines is 1. The molecule has 0 radical (unpaired) electrons. The van der Waals surface area contributed by atoms with Gasteiger partial charge in [-0.05, 0) is 43.4 Å². The van der Waals surface area contributed by atoms with Gasteiger partial charge in [-0.15, -0.1) is 11.3 Å². The molecule has 3 heterocycles. The van der Waals surface area contributed by atoms with Crippen molar-refractivity contribution >= 4 is 28.8 Å². The highest BCUT2D eigenvalue weighted by molar-refractivity contribution is 7.19. The maximum absolute atomic E-state index is 13.4. The van der Waals surface area contributed by atoms with Gasteiger partial charge < -0.3 is 4.90 Å². The summed E-state index contributed by atoms with van der Waals surface area (Å²) in [6, 6.07) is 5.95. The van der Waals surface area contributed by atoms with Gasteiger partial charge >= 0.3 is 0 Å². The highest BCUT2D eigenvalue weighted by Crippen LogP contribution is 2.43. The minimum atomic E-state index is -2.70. The molecule has 1 aliphatic heterocycles. The van der Waals surface area contributed by atoms with E-state index in [9.17, 15) is 14.0 Å². The van der Waals surface area contributed by atoms with E-state index < -0.39 is 5.92 Å². The molecule has 2 aromatic heterocycles. The monoisotopic (exact) mass is 379 g/mol. The van der Waals surface area contributed by atoms with Gasteiger partial charge in [0, 0.05) is 16.1 Å². The van der Waals surface area contributed by atoms with Crippen molar-refractivity contribution in [3.8, 4) is 16.5 Å². The first-order valence-corrected chi connectivity index (χ1v) is 9.52. The number of alkyl halides is 2. The molecule has 4 rings (SSSR count). The Bertz CT molecular complexity index is 864. The zero-order chi connectivity index (χ0) is 17.6. The van der Waals surface area contributed by atoms with Gasteiger partial charge in [0.05, 0.1) is 17.4 Å². The van der Waals surface area contributed by atoms with Crippen LogP contribution in [0.4, 0.5) is 14.6 Å². The second-order valence-corrected chi connectivity index (χ2v) is 8.31. The van der Waals surface area contributed by atoms with Gasteiger partial charge in [-0.2, -0.15) is 5.26 Å². The topological polar surface area (TPSA) is 39.9 Å². The molecule has 1 saturated heterocycles. The zero-order valence-electron chi connectivity index (χ0n) is 13.5. The fraction of sp³-hybridized carbons (Fsp3) is 0.444. The second-order valence-electron chi connectivity index (χ2n) is 6.60. The van der Waals surface area contributed by atoms with Crippen LogP contribution in [0.1, 0.15) is 36.1 Å². The van der Waals surface area contributed by atoms with Crippen LogP contribution in [0.15, 0.2) is 12.1 Å². The molecule has 0 bridgehead atoms. The molecule has 0 unspecified atom stereocenters. The summed E-state index contributed by atoms with van der Waals surface area (Å²) in [5.74, 6) is -2.30. The molecule has 7 heteroatoms. The number of thiophene rings is 1. The Morgan fingerprint density at radius 2 is 1.96 bits per heavy atom. The lowest BCUT2D eigenvalue weighted by Crippen LogP contribution is -2.57. The van der Waals surface area contributed by atoms with E-state index in [1.165, 1.54) is 16.2 Å². The molecule has 130 valence electrons. The van der Waals surface area contributed by atoms with Gasteiger partial charge in [0.1, 0.15) is 17.5 Å². The molecule has 0 aromatic carbocycles. The van der Waals surface area contributed by atoms with Crippen LogP contribution in [-0.4, -0.2) is 24.0 Å². The fourth-order valence-electron chi connectivity index (χ4n) is 3.62.